The summed E-state index contributed by atoms with van der Waals surface area (Å²) in [6.45, 7) is 0. The summed E-state index contributed by atoms with van der Waals surface area (Å²) in [4.78, 5) is 6.11. The van der Waals surface area contributed by atoms with Crippen molar-refractivity contribution < 1.29 is 8.78 Å². The number of H-pyrrole nitrogens is 1. The minimum atomic E-state index is -0.511. The zero-order valence-corrected chi connectivity index (χ0v) is 5.44. The van der Waals surface area contributed by atoms with Crippen molar-refractivity contribution in [1.82, 2.24) is 9.97 Å². The maximum atomic E-state index is 12.8. The normalized spacial score (nSPS) is 10.7. The van der Waals surface area contributed by atoms with Crippen LogP contribution in [0.4, 0.5) is 8.78 Å². The minimum Gasteiger partial charge on any atom is -0.342 e. The summed E-state index contributed by atoms with van der Waals surface area (Å²) in [6, 6.07) is 2.12. The molecule has 4 heteroatoms. The van der Waals surface area contributed by atoms with E-state index in [4.69, 9.17) is 0 Å². The van der Waals surface area contributed by atoms with Gasteiger partial charge in [-0.1, -0.05) is 0 Å². The molecule has 0 saturated carbocycles. The highest BCUT2D eigenvalue weighted by atomic mass is 19.1. The lowest BCUT2D eigenvalue weighted by molar-refractivity contribution is 0.615. The average Bonchev–Trinajstić information content (AvgIpc) is 2.45. The molecular weight excluding hydrogens is 150 g/mol. The van der Waals surface area contributed by atoms with Gasteiger partial charge in [-0.25, -0.2) is 13.8 Å². The summed E-state index contributed by atoms with van der Waals surface area (Å²) < 4.78 is 25.5. The van der Waals surface area contributed by atoms with Crippen molar-refractivity contribution in [3.05, 3.63) is 30.1 Å². The molecule has 11 heavy (non-hydrogen) atoms. The van der Waals surface area contributed by atoms with E-state index in [1.807, 2.05) is 0 Å². The Kier molecular flexibility index (Phi) is 1.15. The lowest BCUT2D eigenvalue weighted by Crippen LogP contribution is -1.81. The molecule has 1 N–H and O–H groups in total. The monoisotopic (exact) mass is 154 g/mol. The van der Waals surface area contributed by atoms with Gasteiger partial charge in [0.1, 0.15) is 16.9 Å². The van der Waals surface area contributed by atoms with Gasteiger partial charge < -0.3 is 4.98 Å². The number of nitrogens with one attached hydrogen (secondary N) is 1. The van der Waals surface area contributed by atoms with Crippen LogP contribution in [0.25, 0.3) is 11.0 Å². The third kappa shape index (κ3) is 0.790. The van der Waals surface area contributed by atoms with Crippen LogP contribution in [0.2, 0.25) is 0 Å². The molecular formula is C7H4F2N2. The Morgan fingerprint density at radius 2 is 1.91 bits per heavy atom. The highest BCUT2D eigenvalue weighted by molar-refractivity contribution is 5.75. The van der Waals surface area contributed by atoms with E-state index < -0.39 is 11.6 Å². The fourth-order valence-corrected chi connectivity index (χ4v) is 0.966. The fourth-order valence-electron chi connectivity index (χ4n) is 0.966. The number of benzene rings is 1. The van der Waals surface area contributed by atoms with Crippen LogP contribution in [0.1, 0.15) is 0 Å². The highest BCUT2D eigenvalue weighted by Crippen LogP contribution is 2.15. The Balaban J connectivity index is 2.96. The molecule has 0 radical (unpaired) electrons. The molecule has 0 fully saturated rings. The zero-order valence-electron chi connectivity index (χ0n) is 5.44. The molecule has 2 aromatic rings. The van der Waals surface area contributed by atoms with Gasteiger partial charge in [0.15, 0.2) is 5.82 Å². The van der Waals surface area contributed by atoms with Crippen LogP contribution in [-0.4, -0.2) is 9.97 Å². The van der Waals surface area contributed by atoms with Gasteiger partial charge in [-0.05, 0) is 12.1 Å². The summed E-state index contributed by atoms with van der Waals surface area (Å²) in [5, 5.41) is 0. The molecule has 0 aliphatic carbocycles. The molecule has 0 saturated heterocycles. The van der Waals surface area contributed by atoms with Gasteiger partial charge in [-0.15, -0.1) is 0 Å². The van der Waals surface area contributed by atoms with Gasteiger partial charge in [-0.3, -0.25) is 0 Å². The second-order valence-electron chi connectivity index (χ2n) is 2.16. The Bertz CT molecular complexity index is 358. The molecule has 0 atom stereocenters. The summed E-state index contributed by atoms with van der Waals surface area (Å²) in [5.74, 6) is -0.999. The van der Waals surface area contributed by atoms with Gasteiger partial charge in [0.25, 0.3) is 0 Å². The number of hydrogen-bond acceptors (Lipinski definition) is 1. The lowest BCUT2D eigenvalue weighted by atomic mass is 10.3. The second-order valence-corrected chi connectivity index (χ2v) is 2.16. The molecule has 1 aromatic carbocycles. The van der Waals surface area contributed by atoms with Crippen molar-refractivity contribution >= 4 is 11.0 Å². The van der Waals surface area contributed by atoms with Crippen molar-refractivity contribution in [1.29, 1.82) is 0 Å². The van der Waals surface area contributed by atoms with E-state index in [1.54, 1.807) is 0 Å². The second kappa shape index (κ2) is 2.02. The van der Waals surface area contributed by atoms with E-state index in [0.717, 1.165) is 12.1 Å². The topological polar surface area (TPSA) is 28.7 Å². The van der Waals surface area contributed by atoms with E-state index in [2.05, 4.69) is 9.97 Å². The van der Waals surface area contributed by atoms with Crippen LogP contribution in [0.3, 0.4) is 0 Å². The number of rotatable bonds is 0. The van der Waals surface area contributed by atoms with Crippen molar-refractivity contribution in [2.75, 3.05) is 0 Å². The molecule has 0 aliphatic rings. The standard InChI is InChI=1S/C7H4F2N2/c8-4-1-2-5(9)7-6(4)10-3-11-7/h1-3H,(H,10,11). The smallest absolute Gasteiger partial charge is 0.151 e. The number of halogens is 2. The fraction of sp³-hybridized carbons (Fsp3) is 0. The van der Waals surface area contributed by atoms with E-state index in [-0.39, 0.29) is 11.0 Å². The van der Waals surface area contributed by atoms with Crippen molar-refractivity contribution in [2.24, 2.45) is 0 Å². The third-order valence-electron chi connectivity index (χ3n) is 1.48. The first-order chi connectivity index (χ1) is 5.29. The first kappa shape index (κ1) is 6.27. The largest absolute Gasteiger partial charge is 0.342 e. The van der Waals surface area contributed by atoms with Crippen LogP contribution in [0.15, 0.2) is 18.5 Å². The molecule has 56 valence electrons. The van der Waals surface area contributed by atoms with Crippen LogP contribution < -0.4 is 0 Å². The molecule has 0 amide bonds. The first-order valence-electron chi connectivity index (χ1n) is 3.06. The SMILES string of the molecule is Fc1ccc(F)c2[nH]cnc12. The first-order valence-corrected chi connectivity index (χ1v) is 3.06. The Morgan fingerprint density at radius 3 is 2.64 bits per heavy atom. The average molecular weight is 154 g/mol. The third-order valence-corrected chi connectivity index (χ3v) is 1.48. The van der Waals surface area contributed by atoms with Crippen LogP contribution in [0.5, 0.6) is 0 Å². The van der Waals surface area contributed by atoms with Crippen LogP contribution >= 0.6 is 0 Å². The molecule has 0 unspecified atom stereocenters. The Hall–Kier alpha value is -1.45. The van der Waals surface area contributed by atoms with E-state index in [0.29, 0.717) is 0 Å². The number of hydrogen-bond donors (Lipinski definition) is 1. The van der Waals surface area contributed by atoms with Gasteiger partial charge in [0.2, 0.25) is 0 Å². The summed E-state index contributed by atoms with van der Waals surface area (Å²) in [7, 11) is 0. The maximum absolute atomic E-state index is 12.8. The molecule has 1 heterocycles. The minimum absolute atomic E-state index is 0.0463. The maximum Gasteiger partial charge on any atom is 0.151 e. The Morgan fingerprint density at radius 1 is 1.18 bits per heavy atom. The van der Waals surface area contributed by atoms with Crippen LogP contribution in [0, 0.1) is 11.6 Å². The number of aromatic nitrogens is 2. The summed E-state index contributed by atoms with van der Waals surface area (Å²) in [6.07, 6.45) is 1.26. The number of aromatic amines is 1. The van der Waals surface area contributed by atoms with E-state index in [9.17, 15) is 8.78 Å². The predicted molar refractivity (Wildman–Crippen MR) is 36.0 cm³/mol. The summed E-state index contributed by atoms with van der Waals surface area (Å²) >= 11 is 0. The van der Waals surface area contributed by atoms with E-state index in [1.165, 1.54) is 6.33 Å². The van der Waals surface area contributed by atoms with Crippen LogP contribution in [-0.2, 0) is 0 Å². The van der Waals surface area contributed by atoms with E-state index >= 15 is 0 Å². The molecule has 0 bridgehead atoms. The number of nitrogens with zero attached hydrogens (tertiary/aromatic N) is 1. The quantitative estimate of drug-likeness (QED) is 0.616. The predicted octanol–water partition coefficient (Wildman–Crippen LogP) is 1.84. The zero-order chi connectivity index (χ0) is 7.84. The number of fused-ring (bicyclic) bond motifs is 1. The van der Waals surface area contributed by atoms with Crippen molar-refractivity contribution in [2.45, 2.75) is 0 Å². The molecule has 2 nitrogen and oxygen atoms in total. The molecule has 2 rings (SSSR count). The number of imidazole rings is 1. The van der Waals surface area contributed by atoms with Gasteiger partial charge >= 0.3 is 0 Å². The molecule has 0 aliphatic heterocycles. The Labute approximate surface area is 60.9 Å². The van der Waals surface area contributed by atoms with Gasteiger partial charge in [0, 0.05) is 0 Å². The highest BCUT2D eigenvalue weighted by Gasteiger charge is 2.06. The molecule has 1 aromatic heterocycles. The van der Waals surface area contributed by atoms with Crippen molar-refractivity contribution in [3.63, 3.8) is 0 Å². The van der Waals surface area contributed by atoms with Crippen molar-refractivity contribution in [3.8, 4) is 0 Å². The van der Waals surface area contributed by atoms with Gasteiger partial charge in [-0.2, -0.15) is 0 Å². The summed E-state index contributed by atoms with van der Waals surface area (Å²) in [5.41, 5.74) is 0.162. The lowest BCUT2D eigenvalue weighted by Gasteiger charge is -1.90. The molecule has 0 spiro atoms. The van der Waals surface area contributed by atoms with Gasteiger partial charge in [0.05, 0.1) is 6.33 Å².